The van der Waals surface area contributed by atoms with E-state index in [0.717, 1.165) is 36.4 Å². The van der Waals surface area contributed by atoms with Gasteiger partial charge in [-0.15, -0.1) is 0 Å². The second kappa shape index (κ2) is 7.72. The molecule has 1 fully saturated rings. The fraction of sp³-hybridized carbons (Fsp3) is 0.227. The Morgan fingerprint density at radius 3 is 2.60 bits per heavy atom. The molecule has 1 aliphatic rings. The first kappa shape index (κ1) is 18.5. The molecule has 0 spiro atoms. The van der Waals surface area contributed by atoms with E-state index in [-0.39, 0.29) is 11.7 Å². The molecule has 1 amide bonds. The number of fused-ring (bicyclic) bond motifs is 1. The van der Waals surface area contributed by atoms with E-state index in [0.29, 0.717) is 24.5 Å². The zero-order valence-electron chi connectivity index (χ0n) is 16.3. The molecular formula is C22H21FN6O. The standard InChI is InChI=1S/C22H21FN6O/c23-17-6-4-16(5-7-17)20-14-21(25-24-20)22(30)28-11-9-27(10-12-28)15-18-13-19-3-1-2-8-29(19)26-18/h1-8,13-14H,9-12,15H2,(H,24,25). The van der Waals surface area contributed by atoms with Gasteiger partial charge >= 0.3 is 0 Å². The molecule has 0 unspecified atom stereocenters. The number of aromatic nitrogens is 4. The highest BCUT2D eigenvalue weighted by atomic mass is 19.1. The summed E-state index contributed by atoms with van der Waals surface area (Å²) in [6, 6.07) is 15.9. The Bertz CT molecular complexity index is 1140. The SMILES string of the molecule is O=C(c1cc(-c2ccc(F)cc2)n[nH]1)N1CCN(Cc2cc3ccccn3n2)CC1. The minimum Gasteiger partial charge on any atom is -0.335 e. The number of pyridine rings is 1. The first-order valence-electron chi connectivity index (χ1n) is 9.92. The van der Waals surface area contributed by atoms with E-state index in [4.69, 9.17) is 0 Å². The van der Waals surface area contributed by atoms with Crippen LogP contribution < -0.4 is 0 Å². The maximum Gasteiger partial charge on any atom is 0.271 e. The van der Waals surface area contributed by atoms with Crippen LogP contribution in [0.2, 0.25) is 0 Å². The number of amides is 1. The van der Waals surface area contributed by atoms with Crippen molar-refractivity contribution in [3.05, 3.63) is 78.0 Å². The van der Waals surface area contributed by atoms with Gasteiger partial charge in [-0.1, -0.05) is 6.07 Å². The van der Waals surface area contributed by atoms with Crippen molar-refractivity contribution in [2.75, 3.05) is 26.2 Å². The fourth-order valence-corrected chi connectivity index (χ4v) is 3.78. The molecule has 1 saturated heterocycles. The molecule has 8 heteroatoms. The third-order valence-electron chi connectivity index (χ3n) is 5.41. The number of carbonyl (C=O) groups is 1. The lowest BCUT2D eigenvalue weighted by atomic mass is 10.1. The van der Waals surface area contributed by atoms with E-state index >= 15 is 0 Å². The fourth-order valence-electron chi connectivity index (χ4n) is 3.78. The van der Waals surface area contributed by atoms with E-state index in [1.165, 1.54) is 12.1 Å². The molecular weight excluding hydrogens is 383 g/mol. The summed E-state index contributed by atoms with van der Waals surface area (Å²) in [5.41, 5.74) is 3.95. The second-order valence-corrected chi connectivity index (χ2v) is 7.45. The molecule has 1 aromatic carbocycles. The van der Waals surface area contributed by atoms with E-state index < -0.39 is 0 Å². The van der Waals surface area contributed by atoms with Gasteiger partial charge in [-0.3, -0.25) is 14.8 Å². The number of hydrogen-bond donors (Lipinski definition) is 1. The minimum absolute atomic E-state index is 0.0664. The predicted molar refractivity (Wildman–Crippen MR) is 110 cm³/mol. The molecule has 0 atom stereocenters. The Labute approximate surface area is 172 Å². The van der Waals surface area contributed by atoms with Crippen molar-refractivity contribution in [1.82, 2.24) is 29.6 Å². The molecule has 4 heterocycles. The van der Waals surface area contributed by atoms with Gasteiger partial charge in [0.25, 0.3) is 5.91 Å². The van der Waals surface area contributed by atoms with Crippen molar-refractivity contribution in [2.24, 2.45) is 0 Å². The van der Waals surface area contributed by atoms with Gasteiger partial charge in [0.05, 0.1) is 16.9 Å². The third kappa shape index (κ3) is 3.69. The van der Waals surface area contributed by atoms with Crippen LogP contribution >= 0.6 is 0 Å². The molecule has 0 aliphatic carbocycles. The summed E-state index contributed by atoms with van der Waals surface area (Å²) in [7, 11) is 0. The summed E-state index contributed by atoms with van der Waals surface area (Å²) in [4.78, 5) is 17.0. The van der Waals surface area contributed by atoms with Crippen molar-refractivity contribution in [2.45, 2.75) is 6.54 Å². The van der Waals surface area contributed by atoms with Crippen molar-refractivity contribution in [3.8, 4) is 11.3 Å². The number of halogens is 1. The smallest absolute Gasteiger partial charge is 0.271 e. The monoisotopic (exact) mass is 404 g/mol. The average Bonchev–Trinajstić information content (AvgIpc) is 3.41. The molecule has 3 aromatic heterocycles. The largest absolute Gasteiger partial charge is 0.335 e. The summed E-state index contributed by atoms with van der Waals surface area (Å²) in [5.74, 6) is -0.365. The zero-order valence-corrected chi connectivity index (χ0v) is 16.3. The van der Waals surface area contributed by atoms with Gasteiger partial charge in [0.1, 0.15) is 11.5 Å². The maximum atomic E-state index is 13.1. The van der Waals surface area contributed by atoms with E-state index in [9.17, 15) is 9.18 Å². The normalized spacial score (nSPS) is 15.0. The van der Waals surface area contributed by atoms with E-state index in [2.05, 4.69) is 26.3 Å². The first-order chi connectivity index (χ1) is 14.7. The van der Waals surface area contributed by atoms with Crippen LogP contribution in [0, 0.1) is 5.82 Å². The van der Waals surface area contributed by atoms with Gasteiger partial charge in [-0.2, -0.15) is 10.2 Å². The van der Waals surface area contributed by atoms with Crippen LogP contribution in [-0.2, 0) is 6.54 Å². The molecule has 152 valence electrons. The number of carbonyl (C=O) groups excluding carboxylic acids is 1. The Morgan fingerprint density at radius 2 is 1.83 bits per heavy atom. The highest BCUT2D eigenvalue weighted by molar-refractivity contribution is 5.93. The van der Waals surface area contributed by atoms with Crippen LogP contribution in [0.4, 0.5) is 4.39 Å². The van der Waals surface area contributed by atoms with Crippen LogP contribution in [0.3, 0.4) is 0 Å². The van der Waals surface area contributed by atoms with Crippen LogP contribution in [0.25, 0.3) is 16.8 Å². The Hall–Kier alpha value is -3.52. The van der Waals surface area contributed by atoms with Crippen LogP contribution in [0.1, 0.15) is 16.2 Å². The molecule has 0 radical (unpaired) electrons. The summed E-state index contributed by atoms with van der Waals surface area (Å²) in [6.45, 7) is 3.65. The van der Waals surface area contributed by atoms with Crippen molar-refractivity contribution in [3.63, 3.8) is 0 Å². The van der Waals surface area contributed by atoms with Gasteiger partial charge in [-0.25, -0.2) is 8.91 Å². The quantitative estimate of drug-likeness (QED) is 0.568. The number of H-pyrrole nitrogens is 1. The Balaban J connectivity index is 1.20. The first-order valence-corrected chi connectivity index (χ1v) is 9.92. The molecule has 4 aromatic rings. The summed E-state index contributed by atoms with van der Waals surface area (Å²) in [5, 5.41) is 11.6. The van der Waals surface area contributed by atoms with Crippen LogP contribution in [-0.4, -0.2) is 61.7 Å². The lowest BCUT2D eigenvalue weighted by molar-refractivity contribution is 0.0621. The van der Waals surface area contributed by atoms with Gasteiger partial charge in [-0.05, 0) is 48.5 Å². The van der Waals surface area contributed by atoms with Gasteiger partial charge < -0.3 is 4.90 Å². The predicted octanol–water partition coefficient (Wildman–Crippen LogP) is 2.82. The number of nitrogens with zero attached hydrogens (tertiary/aromatic N) is 5. The number of nitrogens with one attached hydrogen (secondary N) is 1. The number of aromatic amines is 1. The molecule has 0 bridgehead atoms. The van der Waals surface area contributed by atoms with Gasteiger partial charge in [0, 0.05) is 44.5 Å². The lowest BCUT2D eigenvalue weighted by Gasteiger charge is -2.34. The number of piperazine rings is 1. The molecule has 5 rings (SSSR count). The molecule has 1 aliphatic heterocycles. The molecule has 30 heavy (non-hydrogen) atoms. The Morgan fingerprint density at radius 1 is 1.03 bits per heavy atom. The topological polar surface area (TPSA) is 69.5 Å². The molecule has 7 nitrogen and oxygen atoms in total. The summed E-state index contributed by atoms with van der Waals surface area (Å²) >= 11 is 0. The van der Waals surface area contributed by atoms with Gasteiger partial charge in [0.15, 0.2) is 0 Å². The van der Waals surface area contributed by atoms with E-state index in [1.807, 2.05) is 33.8 Å². The lowest BCUT2D eigenvalue weighted by Crippen LogP contribution is -2.48. The summed E-state index contributed by atoms with van der Waals surface area (Å²) in [6.07, 6.45) is 1.94. The van der Waals surface area contributed by atoms with Crippen LogP contribution in [0.15, 0.2) is 60.8 Å². The number of rotatable bonds is 4. The summed E-state index contributed by atoms with van der Waals surface area (Å²) < 4.78 is 15.0. The van der Waals surface area contributed by atoms with Crippen LogP contribution in [0.5, 0.6) is 0 Å². The minimum atomic E-state index is -0.299. The van der Waals surface area contributed by atoms with Gasteiger partial charge in [0.2, 0.25) is 0 Å². The van der Waals surface area contributed by atoms with Crippen molar-refractivity contribution >= 4 is 11.4 Å². The third-order valence-corrected chi connectivity index (χ3v) is 5.41. The zero-order chi connectivity index (χ0) is 20.5. The highest BCUT2D eigenvalue weighted by Gasteiger charge is 2.24. The highest BCUT2D eigenvalue weighted by Crippen LogP contribution is 2.19. The molecule has 1 N–H and O–H groups in total. The van der Waals surface area contributed by atoms with E-state index in [1.54, 1.807) is 18.2 Å². The maximum absolute atomic E-state index is 13.1. The number of benzene rings is 1. The second-order valence-electron chi connectivity index (χ2n) is 7.45. The number of hydrogen-bond acceptors (Lipinski definition) is 4. The Kier molecular flexibility index (Phi) is 4.76. The average molecular weight is 404 g/mol. The molecule has 0 saturated carbocycles. The van der Waals surface area contributed by atoms with Crippen molar-refractivity contribution < 1.29 is 9.18 Å². The van der Waals surface area contributed by atoms with Crippen molar-refractivity contribution in [1.29, 1.82) is 0 Å².